The first kappa shape index (κ1) is 25.5. The van der Waals surface area contributed by atoms with Crippen LogP contribution in [0.15, 0.2) is 59.0 Å². The Balaban J connectivity index is 2.08. The number of amides is 1. The summed E-state index contributed by atoms with van der Waals surface area (Å²) in [6.07, 6.45) is 0.592. The van der Waals surface area contributed by atoms with Crippen molar-refractivity contribution in [3.05, 3.63) is 71.0 Å². The zero-order chi connectivity index (χ0) is 25.2. The van der Waals surface area contributed by atoms with Crippen LogP contribution in [-0.4, -0.2) is 80.6 Å². The van der Waals surface area contributed by atoms with Crippen LogP contribution in [-0.2, 0) is 19.6 Å². The van der Waals surface area contributed by atoms with E-state index in [0.717, 1.165) is 4.31 Å². The molecule has 34 heavy (non-hydrogen) atoms. The molecule has 182 valence electrons. The highest BCUT2D eigenvalue weighted by Gasteiger charge is 2.45. The number of aliphatic hydroxyl groups is 1. The maximum Gasteiger partial charge on any atom is 0.295 e. The average Bonchev–Trinajstić information content (AvgIpc) is 3.04. The van der Waals surface area contributed by atoms with Crippen molar-refractivity contribution in [2.75, 3.05) is 41.3 Å². The van der Waals surface area contributed by atoms with Gasteiger partial charge in [-0.05, 0) is 69.0 Å². The molecule has 1 aliphatic heterocycles. The van der Waals surface area contributed by atoms with Crippen molar-refractivity contribution in [1.82, 2.24) is 14.1 Å². The lowest BCUT2D eigenvalue weighted by Gasteiger charge is -2.26. The van der Waals surface area contributed by atoms with E-state index in [1.165, 1.54) is 67.5 Å². The number of rotatable bonds is 8. The number of carbonyl (C=O) groups is 2. The van der Waals surface area contributed by atoms with Crippen LogP contribution < -0.4 is 0 Å². The first-order valence-corrected chi connectivity index (χ1v) is 12.1. The van der Waals surface area contributed by atoms with Crippen molar-refractivity contribution in [2.24, 2.45) is 0 Å². The fourth-order valence-electron chi connectivity index (χ4n) is 3.81. The smallest absolute Gasteiger partial charge is 0.295 e. The van der Waals surface area contributed by atoms with Crippen molar-refractivity contribution in [3.8, 4) is 0 Å². The highest BCUT2D eigenvalue weighted by Crippen LogP contribution is 2.39. The van der Waals surface area contributed by atoms with E-state index in [2.05, 4.69) is 0 Å². The molecular formula is C24H28FN3O5S. The Morgan fingerprint density at radius 3 is 2.12 bits per heavy atom. The molecule has 1 saturated heterocycles. The van der Waals surface area contributed by atoms with E-state index in [-0.39, 0.29) is 22.6 Å². The molecule has 1 N–H and O–H groups in total. The summed E-state index contributed by atoms with van der Waals surface area (Å²) in [4.78, 5) is 29.3. The minimum atomic E-state index is -3.68. The van der Waals surface area contributed by atoms with Gasteiger partial charge >= 0.3 is 0 Å². The topological polar surface area (TPSA) is 98.2 Å². The second-order valence-corrected chi connectivity index (χ2v) is 10.7. The van der Waals surface area contributed by atoms with Crippen molar-refractivity contribution in [3.63, 3.8) is 0 Å². The van der Waals surface area contributed by atoms with Crippen LogP contribution in [0, 0.1) is 5.82 Å². The Morgan fingerprint density at radius 1 is 1.00 bits per heavy atom. The molecule has 0 bridgehead atoms. The van der Waals surface area contributed by atoms with Crippen LogP contribution in [0.3, 0.4) is 0 Å². The predicted octanol–water partition coefficient (Wildman–Crippen LogP) is 2.45. The molecule has 1 amide bonds. The molecule has 0 saturated carbocycles. The van der Waals surface area contributed by atoms with E-state index in [0.29, 0.717) is 18.5 Å². The summed E-state index contributed by atoms with van der Waals surface area (Å²) >= 11 is 0. The molecule has 1 unspecified atom stereocenters. The molecule has 0 radical (unpaired) electrons. The van der Waals surface area contributed by atoms with Gasteiger partial charge in [-0.15, -0.1) is 0 Å². The summed E-state index contributed by atoms with van der Waals surface area (Å²) < 4.78 is 39.3. The van der Waals surface area contributed by atoms with Gasteiger partial charge in [0, 0.05) is 26.2 Å². The minimum Gasteiger partial charge on any atom is -0.507 e. The van der Waals surface area contributed by atoms with Crippen LogP contribution in [0.4, 0.5) is 4.39 Å². The first-order valence-electron chi connectivity index (χ1n) is 10.7. The summed E-state index contributed by atoms with van der Waals surface area (Å²) in [6.45, 7) is 0.947. The van der Waals surface area contributed by atoms with Gasteiger partial charge in [0.05, 0.1) is 16.5 Å². The van der Waals surface area contributed by atoms with Crippen LogP contribution in [0.2, 0.25) is 0 Å². The lowest BCUT2D eigenvalue weighted by atomic mass is 9.95. The van der Waals surface area contributed by atoms with Gasteiger partial charge in [0.2, 0.25) is 10.0 Å². The van der Waals surface area contributed by atoms with Crippen LogP contribution in [0.1, 0.15) is 23.6 Å². The predicted molar refractivity (Wildman–Crippen MR) is 126 cm³/mol. The van der Waals surface area contributed by atoms with E-state index < -0.39 is 39.3 Å². The molecule has 1 heterocycles. The molecule has 1 fully saturated rings. The standard InChI is InChI=1S/C24H28FN3O5S/c1-26(2)14-5-15-28-21(16-6-10-18(25)11-7-16)20(23(30)24(28)31)22(29)17-8-12-19(13-9-17)34(32,33)27(3)4/h6-13,21,29H,5,14-15H2,1-4H3/b22-20+. The van der Waals surface area contributed by atoms with E-state index >= 15 is 0 Å². The number of Topliss-reactive ketones (excluding diaryl/α,β-unsaturated/α-hetero) is 1. The number of likely N-dealkylation sites (tertiary alicyclic amines) is 1. The van der Waals surface area contributed by atoms with Gasteiger partial charge in [0.15, 0.2) is 0 Å². The molecule has 0 aromatic heterocycles. The fourth-order valence-corrected chi connectivity index (χ4v) is 4.71. The Hall–Kier alpha value is -3.08. The Bertz CT molecular complexity index is 1210. The van der Waals surface area contributed by atoms with E-state index in [4.69, 9.17) is 0 Å². The summed E-state index contributed by atoms with van der Waals surface area (Å²) in [5, 5.41) is 11.1. The van der Waals surface area contributed by atoms with Gasteiger partial charge in [-0.3, -0.25) is 9.59 Å². The SMILES string of the molecule is CN(C)CCCN1C(=O)C(=O)/C(=C(/O)c2ccc(S(=O)(=O)N(C)C)cc2)C1c1ccc(F)cc1. The molecular weight excluding hydrogens is 461 g/mol. The maximum absolute atomic E-state index is 13.6. The number of ketones is 1. The van der Waals surface area contributed by atoms with E-state index in [9.17, 15) is 27.5 Å². The summed E-state index contributed by atoms with van der Waals surface area (Å²) in [5.74, 6) is -2.48. The largest absolute Gasteiger partial charge is 0.507 e. The van der Waals surface area contributed by atoms with Gasteiger partial charge < -0.3 is 14.9 Å². The molecule has 2 aromatic carbocycles. The first-order chi connectivity index (χ1) is 15.9. The number of sulfonamides is 1. The van der Waals surface area contributed by atoms with Crippen molar-refractivity contribution in [1.29, 1.82) is 0 Å². The highest BCUT2D eigenvalue weighted by molar-refractivity contribution is 7.89. The summed E-state index contributed by atoms with van der Waals surface area (Å²) in [5.41, 5.74) is 0.555. The number of carbonyl (C=O) groups excluding carboxylic acids is 2. The molecule has 1 aliphatic rings. The number of halogens is 1. The fraction of sp³-hybridized carbons (Fsp3) is 0.333. The van der Waals surface area contributed by atoms with Crippen LogP contribution >= 0.6 is 0 Å². The number of nitrogens with zero attached hydrogens (tertiary/aromatic N) is 3. The average molecular weight is 490 g/mol. The number of hydrogen-bond donors (Lipinski definition) is 1. The number of hydrogen-bond acceptors (Lipinski definition) is 6. The quantitative estimate of drug-likeness (QED) is 0.348. The Kier molecular flexibility index (Phi) is 7.54. The molecule has 3 rings (SSSR count). The zero-order valence-corrected chi connectivity index (χ0v) is 20.3. The van der Waals surface area contributed by atoms with Crippen LogP contribution in [0.5, 0.6) is 0 Å². The molecule has 0 aliphatic carbocycles. The monoisotopic (exact) mass is 489 g/mol. The molecule has 2 aromatic rings. The molecule has 8 nitrogen and oxygen atoms in total. The third-order valence-electron chi connectivity index (χ3n) is 5.64. The van der Waals surface area contributed by atoms with Gasteiger partial charge in [-0.2, -0.15) is 0 Å². The molecule has 10 heteroatoms. The third-order valence-corrected chi connectivity index (χ3v) is 7.47. The Morgan fingerprint density at radius 2 is 1.59 bits per heavy atom. The zero-order valence-electron chi connectivity index (χ0n) is 19.5. The van der Waals surface area contributed by atoms with Gasteiger partial charge in [-0.25, -0.2) is 17.1 Å². The lowest BCUT2D eigenvalue weighted by molar-refractivity contribution is -0.139. The van der Waals surface area contributed by atoms with E-state index in [1.807, 2.05) is 19.0 Å². The number of benzene rings is 2. The highest BCUT2D eigenvalue weighted by atomic mass is 32.2. The van der Waals surface area contributed by atoms with Gasteiger partial charge in [0.25, 0.3) is 11.7 Å². The second kappa shape index (κ2) is 10.0. The van der Waals surface area contributed by atoms with Crippen molar-refractivity contribution < 1.29 is 27.5 Å². The molecule has 1 atom stereocenters. The third kappa shape index (κ3) is 5.03. The van der Waals surface area contributed by atoms with Gasteiger partial charge in [0.1, 0.15) is 11.6 Å². The summed E-state index contributed by atoms with van der Waals surface area (Å²) in [6, 6.07) is 9.93. The van der Waals surface area contributed by atoms with Crippen molar-refractivity contribution in [2.45, 2.75) is 17.4 Å². The normalized spacial score (nSPS) is 18.3. The maximum atomic E-state index is 13.6. The second-order valence-electron chi connectivity index (χ2n) is 8.51. The van der Waals surface area contributed by atoms with E-state index in [1.54, 1.807) is 0 Å². The van der Waals surface area contributed by atoms with Crippen molar-refractivity contribution >= 4 is 27.5 Å². The Labute approximate surface area is 198 Å². The van der Waals surface area contributed by atoms with Crippen LogP contribution in [0.25, 0.3) is 5.76 Å². The van der Waals surface area contributed by atoms with Gasteiger partial charge in [-0.1, -0.05) is 12.1 Å². The minimum absolute atomic E-state index is 0.0215. The summed E-state index contributed by atoms with van der Waals surface area (Å²) in [7, 11) is 2.93. The number of aliphatic hydroxyl groups excluding tert-OH is 1. The lowest BCUT2D eigenvalue weighted by Crippen LogP contribution is -2.32. The molecule has 0 spiro atoms.